The number of aliphatic hydroxyl groups is 1. The number of esters is 4. The zero-order valence-corrected chi connectivity index (χ0v) is 14.1. The molecule has 0 amide bonds. The van der Waals surface area contributed by atoms with Crippen molar-refractivity contribution >= 4 is 29.8 Å². The number of hydrogen-bond acceptors (Lipinski definition) is 10. The molecule has 0 aromatic rings. The Labute approximate surface area is 142 Å². The number of carboxylic acids is 1. The van der Waals surface area contributed by atoms with Crippen molar-refractivity contribution in [2.24, 2.45) is 0 Å². The first kappa shape index (κ1) is 22.3. The van der Waals surface area contributed by atoms with Crippen LogP contribution in [-0.4, -0.2) is 71.1 Å². The van der Waals surface area contributed by atoms with E-state index in [4.69, 9.17) is 9.47 Å². The molecule has 0 aliphatic rings. The molecule has 0 saturated carbocycles. The van der Waals surface area contributed by atoms with E-state index in [-0.39, 0.29) is 0 Å². The van der Waals surface area contributed by atoms with Crippen molar-refractivity contribution < 1.29 is 53.1 Å². The Morgan fingerprint density at radius 3 is 1.56 bits per heavy atom. The summed E-state index contributed by atoms with van der Waals surface area (Å²) >= 11 is 0. The Hall–Kier alpha value is -2.69. The molecule has 142 valence electrons. The van der Waals surface area contributed by atoms with Gasteiger partial charge >= 0.3 is 29.8 Å². The Kier molecular flexibility index (Phi) is 9.13. The molecule has 0 spiro atoms. The van der Waals surface area contributed by atoms with Crippen molar-refractivity contribution in [2.75, 3.05) is 6.61 Å². The minimum Gasteiger partial charge on any atom is -0.478 e. The quantitative estimate of drug-likeness (QED) is 0.373. The van der Waals surface area contributed by atoms with Gasteiger partial charge in [0.05, 0.1) is 0 Å². The molecule has 11 nitrogen and oxygen atoms in total. The van der Waals surface area contributed by atoms with E-state index in [2.05, 4.69) is 9.47 Å². The summed E-state index contributed by atoms with van der Waals surface area (Å²) in [5.41, 5.74) is 0. The predicted molar refractivity (Wildman–Crippen MR) is 76.9 cm³/mol. The van der Waals surface area contributed by atoms with Crippen LogP contribution in [0, 0.1) is 0 Å². The van der Waals surface area contributed by atoms with Gasteiger partial charge < -0.3 is 29.2 Å². The summed E-state index contributed by atoms with van der Waals surface area (Å²) < 4.78 is 18.8. The van der Waals surface area contributed by atoms with Crippen LogP contribution in [0.2, 0.25) is 0 Å². The highest BCUT2D eigenvalue weighted by Gasteiger charge is 2.45. The first-order valence-corrected chi connectivity index (χ1v) is 7.01. The third kappa shape index (κ3) is 8.65. The zero-order chi connectivity index (χ0) is 19.7. The number of carbonyl (C=O) groups is 5. The fourth-order valence-electron chi connectivity index (χ4n) is 1.78. The molecule has 4 atom stereocenters. The van der Waals surface area contributed by atoms with Crippen LogP contribution in [0.25, 0.3) is 0 Å². The van der Waals surface area contributed by atoms with Gasteiger partial charge in [0.15, 0.2) is 12.2 Å². The molecule has 0 aromatic carbocycles. The van der Waals surface area contributed by atoms with E-state index < -0.39 is 60.9 Å². The van der Waals surface area contributed by atoms with Gasteiger partial charge in [0.25, 0.3) is 0 Å². The molecule has 2 N–H and O–H groups in total. The van der Waals surface area contributed by atoms with E-state index in [1.54, 1.807) is 0 Å². The van der Waals surface area contributed by atoms with Gasteiger partial charge in [-0.1, -0.05) is 0 Å². The van der Waals surface area contributed by atoms with Gasteiger partial charge in [-0.3, -0.25) is 19.2 Å². The highest BCUT2D eigenvalue weighted by molar-refractivity contribution is 5.78. The van der Waals surface area contributed by atoms with Crippen molar-refractivity contribution in [2.45, 2.75) is 52.1 Å². The molecule has 25 heavy (non-hydrogen) atoms. The lowest BCUT2D eigenvalue weighted by atomic mass is 10.0. The molecule has 0 rings (SSSR count). The first-order chi connectivity index (χ1) is 11.5. The third-order valence-corrected chi connectivity index (χ3v) is 2.60. The number of hydrogen-bond donors (Lipinski definition) is 2. The van der Waals surface area contributed by atoms with Gasteiger partial charge in [-0.05, 0) is 0 Å². The van der Waals surface area contributed by atoms with Crippen LogP contribution in [0.3, 0.4) is 0 Å². The number of carboxylic acid groups (broad SMARTS) is 1. The fourth-order valence-corrected chi connectivity index (χ4v) is 1.78. The number of carbonyl (C=O) groups excluding carboxylic acids is 4. The largest absolute Gasteiger partial charge is 0.478 e. The van der Waals surface area contributed by atoms with E-state index in [1.165, 1.54) is 0 Å². The van der Waals surface area contributed by atoms with E-state index in [0.717, 1.165) is 27.7 Å². The summed E-state index contributed by atoms with van der Waals surface area (Å²) in [6.07, 6.45) is -7.48. The summed E-state index contributed by atoms with van der Waals surface area (Å²) in [6.45, 7) is 3.17. The number of aliphatic carboxylic acids is 1. The van der Waals surface area contributed by atoms with Crippen molar-refractivity contribution in [3.63, 3.8) is 0 Å². The summed E-state index contributed by atoms with van der Waals surface area (Å²) in [6, 6.07) is 0. The van der Waals surface area contributed by atoms with Gasteiger partial charge in [-0.25, -0.2) is 4.79 Å². The monoisotopic (exact) mass is 364 g/mol. The molecule has 11 heteroatoms. The molecule has 0 saturated heterocycles. The molecule has 0 aliphatic carbocycles. The second-order valence-corrected chi connectivity index (χ2v) is 4.89. The molecular formula is C14H20O11. The minimum absolute atomic E-state index is 0.683. The van der Waals surface area contributed by atoms with Gasteiger partial charge in [-0.2, -0.15) is 0 Å². The van der Waals surface area contributed by atoms with E-state index >= 15 is 0 Å². The highest BCUT2D eigenvalue weighted by Crippen LogP contribution is 2.18. The molecule has 0 bridgehead atoms. The van der Waals surface area contributed by atoms with Crippen molar-refractivity contribution in [3.05, 3.63) is 0 Å². The van der Waals surface area contributed by atoms with Crippen molar-refractivity contribution in [1.82, 2.24) is 0 Å². The molecule has 0 aliphatic heterocycles. The average Bonchev–Trinajstić information content (AvgIpc) is 2.45. The summed E-state index contributed by atoms with van der Waals surface area (Å²) in [5, 5.41) is 19.3. The predicted octanol–water partition coefficient (Wildman–Crippen LogP) is -1.21. The van der Waals surface area contributed by atoms with Crippen molar-refractivity contribution in [3.8, 4) is 0 Å². The topological polar surface area (TPSA) is 163 Å². The Morgan fingerprint density at radius 2 is 1.20 bits per heavy atom. The smallest absolute Gasteiger partial charge is 0.349 e. The number of ether oxygens (including phenoxy) is 4. The zero-order valence-electron chi connectivity index (χ0n) is 14.1. The summed E-state index contributed by atoms with van der Waals surface area (Å²) in [5.74, 6) is -5.42. The maximum absolute atomic E-state index is 11.4. The van der Waals surface area contributed by atoms with Crippen LogP contribution in [0.15, 0.2) is 0 Å². The summed E-state index contributed by atoms with van der Waals surface area (Å²) in [7, 11) is 0. The molecule has 0 unspecified atom stereocenters. The van der Waals surface area contributed by atoms with Crippen LogP contribution >= 0.6 is 0 Å². The Balaban J connectivity index is 5.74. The molecule has 0 fully saturated rings. The Morgan fingerprint density at radius 1 is 0.760 bits per heavy atom. The van der Waals surface area contributed by atoms with Crippen molar-refractivity contribution in [1.29, 1.82) is 0 Å². The SMILES string of the molecule is CC(=O)OC[C@@H](O)[C@@H](OC(C)=O)[C@H](OC(C)=O)[C@@H](OC(C)=O)C(=O)O. The lowest BCUT2D eigenvalue weighted by molar-refractivity contribution is -0.201. The van der Waals surface area contributed by atoms with Crippen LogP contribution in [0.5, 0.6) is 0 Å². The summed E-state index contributed by atoms with van der Waals surface area (Å²) in [4.78, 5) is 55.9. The second-order valence-electron chi connectivity index (χ2n) is 4.89. The standard InChI is InChI=1S/C14H20O11/c1-6(15)22-5-10(19)11(23-7(2)16)12(24-8(3)17)13(14(20)21)25-9(4)18/h10-13,19H,5H2,1-4H3,(H,20,21)/t10-,11-,12+,13-/m1/s1. The van der Waals surface area contributed by atoms with Gasteiger partial charge in [0, 0.05) is 27.7 Å². The lowest BCUT2D eigenvalue weighted by Crippen LogP contribution is -2.54. The van der Waals surface area contributed by atoms with Gasteiger partial charge in [0.1, 0.15) is 12.7 Å². The Bertz CT molecular complexity index is 527. The van der Waals surface area contributed by atoms with Crippen LogP contribution < -0.4 is 0 Å². The lowest BCUT2D eigenvalue weighted by Gasteiger charge is -2.32. The first-order valence-electron chi connectivity index (χ1n) is 7.01. The van der Waals surface area contributed by atoms with Crippen LogP contribution in [0.1, 0.15) is 27.7 Å². The van der Waals surface area contributed by atoms with Crippen LogP contribution in [-0.2, 0) is 42.9 Å². The molecule has 0 heterocycles. The van der Waals surface area contributed by atoms with E-state index in [1.807, 2.05) is 0 Å². The second kappa shape index (κ2) is 10.2. The highest BCUT2D eigenvalue weighted by atomic mass is 16.6. The fraction of sp³-hybridized carbons (Fsp3) is 0.643. The minimum atomic E-state index is -2.07. The van der Waals surface area contributed by atoms with Gasteiger partial charge in [-0.15, -0.1) is 0 Å². The molecule has 0 radical (unpaired) electrons. The maximum Gasteiger partial charge on any atom is 0.349 e. The van der Waals surface area contributed by atoms with Gasteiger partial charge in [0.2, 0.25) is 6.10 Å². The van der Waals surface area contributed by atoms with E-state index in [9.17, 15) is 34.2 Å². The third-order valence-electron chi connectivity index (χ3n) is 2.60. The van der Waals surface area contributed by atoms with E-state index in [0.29, 0.717) is 0 Å². The number of rotatable bonds is 9. The molecular weight excluding hydrogens is 344 g/mol. The molecule has 0 aromatic heterocycles. The number of aliphatic hydroxyl groups excluding tert-OH is 1. The average molecular weight is 364 g/mol. The normalized spacial score (nSPS) is 15.1. The maximum atomic E-state index is 11.4. The van der Waals surface area contributed by atoms with Crippen LogP contribution in [0.4, 0.5) is 0 Å².